The summed E-state index contributed by atoms with van der Waals surface area (Å²) in [6.45, 7) is 4.13. The van der Waals surface area contributed by atoms with Crippen molar-refractivity contribution in [2.75, 3.05) is 37.4 Å². The van der Waals surface area contributed by atoms with Crippen molar-refractivity contribution in [1.29, 1.82) is 5.26 Å². The van der Waals surface area contributed by atoms with Gasteiger partial charge in [0.1, 0.15) is 0 Å². The molecule has 0 radical (unpaired) electrons. The molecule has 1 rings (SSSR count). The Bertz CT molecular complexity index is 561. The third-order valence-corrected chi connectivity index (χ3v) is 3.22. The molecule has 6 nitrogen and oxygen atoms in total. The molecule has 0 saturated heterocycles. The van der Waals surface area contributed by atoms with E-state index in [1.165, 1.54) is 4.90 Å². The van der Waals surface area contributed by atoms with E-state index < -0.39 is 11.8 Å². The van der Waals surface area contributed by atoms with Crippen LogP contribution in [0.3, 0.4) is 0 Å². The van der Waals surface area contributed by atoms with E-state index in [4.69, 9.17) is 5.26 Å². The van der Waals surface area contributed by atoms with Crippen molar-refractivity contribution in [3.63, 3.8) is 0 Å². The maximum absolute atomic E-state index is 12.1. The van der Waals surface area contributed by atoms with E-state index in [1.807, 2.05) is 31.1 Å². The van der Waals surface area contributed by atoms with Gasteiger partial charge in [-0.3, -0.25) is 9.59 Å². The Labute approximate surface area is 131 Å². The number of hydrogen-bond acceptors (Lipinski definition) is 4. The number of anilines is 2. The maximum Gasteiger partial charge on any atom is 0.313 e. The van der Waals surface area contributed by atoms with E-state index in [0.717, 1.165) is 5.69 Å². The second kappa shape index (κ2) is 8.03. The van der Waals surface area contributed by atoms with Gasteiger partial charge in [0, 0.05) is 38.6 Å². The average molecular weight is 302 g/mol. The topological polar surface area (TPSA) is 76.4 Å². The summed E-state index contributed by atoms with van der Waals surface area (Å²) >= 11 is 0. The van der Waals surface area contributed by atoms with Crippen LogP contribution < -0.4 is 10.2 Å². The largest absolute Gasteiger partial charge is 0.378 e. The van der Waals surface area contributed by atoms with Crippen molar-refractivity contribution in [3.05, 3.63) is 24.3 Å². The summed E-state index contributed by atoms with van der Waals surface area (Å²) in [6.07, 6.45) is 0. The molecule has 0 aromatic heterocycles. The molecule has 0 saturated carbocycles. The first-order valence-electron chi connectivity index (χ1n) is 7.16. The number of likely N-dealkylation sites (N-methyl/N-ethyl adjacent to an activating group) is 1. The molecule has 22 heavy (non-hydrogen) atoms. The molecule has 1 aromatic carbocycles. The first-order valence-corrected chi connectivity index (χ1v) is 7.16. The predicted molar refractivity (Wildman–Crippen MR) is 86.4 cm³/mol. The molecule has 1 aromatic rings. The number of nitrogens with one attached hydrogen (secondary N) is 1. The lowest BCUT2D eigenvalue weighted by molar-refractivity contribution is -0.143. The van der Waals surface area contributed by atoms with Crippen molar-refractivity contribution in [1.82, 2.24) is 4.90 Å². The number of benzene rings is 1. The Hall–Kier alpha value is -2.55. The molecule has 6 heteroatoms. The molecular weight excluding hydrogens is 280 g/mol. The fraction of sp³-hybridized carbons (Fsp3) is 0.438. The van der Waals surface area contributed by atoms with E-state index in [0.29, 0.717) is 12.2 Å². The second-order valence-corrected chi connectivity index (χ2v) is 5.27. The average Bonchev–Trinajstić information content (AvgIpc) is 2.52. The molecule has 118 valence electrons. The van der Waals surface area contributed by atoms with Gasteiger partial charge in [0.2, 0.25) is 0 Å². The third kappa shape index (κ3) is 4.77. The molecule has 1 N–H and O–H groups in total. The zero-order chi connectivity index (χ0) is 16.7. The minimum atomic E-state index is -0.690. The van der Waals surface area contributed by atoms with E-state index in [2.05, 4.69) is 11.4 Å². The van der Waals surface area contributed by atoms with Gasteiger partial charge in [-0.15, -0.1) is 0 Å². The number of carbonyl (C=O) groups is 2. The Morgan fingerprint density at radius 3 is 2.32 bits per heavy atom. The van der Waals surface area contributed by atoms with E-state index in [1.54, 1.807) is 26.0 Å². The first-order chi connectivity index (χ1) is 10.4. The van der Waals surface area contributed by atoms with Crippen LogP contribution in [0.5, 0.6) is 0 Å². The van der Waals surface area contributed by atoms with E-state index >= 15 is 0 Å². The van der Waals surface area contributed by atoms with Gasteiger partial charge >= 0.3 is 11.8 Å². The summed E-state index contributed by atoms with van der Waals surface area (Å²) in [5, 5.41) is 11.4. The maximum atomic E-state index is 12.1. The van der Waals surface area contributed by atoms with Gasteiger partial charge in [-0.2, -0.15) is 5.26 Å². The van der Waals surface area contributed by atoms with Crippen LogP contribution in [0.15, 0.2) is 24.3 Å². The molecule has 0 aliphatic heterocycles. The van der Waals surface area contributed by atoms with Crippen LogP contribution in [0.1, 0.15) is 13.8 Å². The van der Waals surface area contributed by atoms with E-state index in [-0.39, 0.29) is 12.5 Å². The minimum absolute atomic E-state index is 0.249. The molecule has 1 atom stereocenters. The van der Waals surface area contributed by atoms with Crippen LogP contribution >= 0.6 is 0 Å². The first kappa shape index (κ1) is 17.5. The van der Waals surface area contributed by atoms with Crippen LogP contribution in [0.4, 0.5) is 11.4 Å². The highest BCUT2D eigenvalue weighted by Gasteiger charge is 2.22. The molecule has 0 fully saturated rings. The zero-order valence-electron chi connectivity index (χ0n) is 13.5. The molecule has 0 spiro atoms. The lowest BCUT2D eigenvalue weighted by Gasteiger charge is -2.21. The highest BCUT2D eigenvalue weighted by Crippen LogP contribution is 2.15. The summed E-state index contributed by atoms with van der Waals surface area (Å²) in [6, 6.07) is 9.26. The summed E-state index contributed by atoms with van der Waals surface area (Å²) in [7, 11) is 3.85. The monoisotopic (exact) mass is 302 g/mol. The molecule has 0 aliphatic rings. The summed E-state index contributed by atoms with van der Waals surface area (Å²) in [4.78, 5) is 27.4. The number of nitriles is 1. The van der Waals surface area contributed by atoms with Crippen LogP contribution in [-0.2, 0) is 9.59 Å². The fourth-order valence-corrected chi connectivity index (χ4v) is 1.90. The van der Waals surface area contributed by atoms with Crippen LogP contribution in [0.2, 0.25) is 0 Å². The SMILES string of the molecule is CCN(C[C@H](C)C#N)C(=O)C(=O)Nc1ccc(N(C)C)cc1. The van der Waals surface area contributed by atoms with Crippen molar-refractivity contribution in [2.24, 2.45) is 5.92 Å². The molecule has 0 unspecified atom stereocenters. The number of carbonyl (C=O) groups excluding carboxylic acids is 2. The Balaban J connectivity index is 2.70. The predicted octanol–water partition coefficient (Wildman–Crippen LogP) is 1.70. The second-order valence-electron chi connectivity index (χ2n) is 5.27. The molecule has 2 amide bonds. The van der Waals surface area contributed by atoms with Gasteiger partial charge < -0.3 is 15.1 Å². The van der Waals surface area contributed by atoms with Crippen LogP contribution in [0, 0.1) is 17.2 Å². The number of hydrogen-bond donors (Lipinski definition) is 1. The summed E-state index contributed by atoms with van der Waals surface area (Å²) < 4.78 is 0. The van der Waals surface area contributed by atoms with Gasteiger partial charge in [0.15, 0.2) is 0 Å². The minimum Gasteiger partial charge on any atom is -0.378 e. The van der Waals surface area contributed by atoms with Crippen molar-refractivity contribution >= 4 is 23.2 Å². The molecule has 0 heterocycles. The Kier molecular flexibility index (Phi) is 6.39. The highest BCUT2D eigenvalue weighted by atomic mass is 16.2. The summed E-state index contributed by atoms with van der Waals surface area (Å²) in [5.41, 5.74) is 1.57. The Morgan fingerprint density at radius 1 is 1.27 bits per heavy atom. The van der Waals surface area contributed by atoms with Gasteiger partial charge in [-0.25, -0.2) is 0 Å². The van der Waals surface area contributed by atoms with Crippen molar-refractivity contribution in [3.8, 4) is 6.07 Å². The third-order valence-electron chi connectivity index (χ3n) is 3.22. The van der Waals surface area contributed by atoms with Gasteiger partial charge in [0.25, 0.3) is 0 Å². The normalized spacial score (nSPS) is 11.2. The van der Waals surface area contributed by atoms with Crippen molar-refractivity contribution in [2.45, 2.75) is 13.8 Å². The van der Waals surface area contributed by atoms with Crippen LogP contribution in [-0.4, -0.2) is 43.9 Å². The van der Waals surface area contributed by atoms with Gasteiger partial charge in [-0.1, -0.05) is 0 Å². The number of amides is 2. The zero-order valence-corrected chi connectivity index (χ0v) is 13.5. The lowest BCUT2D eigenvalue weighted by atomic mass is 10.2. The standard InChI is InChI=1S/C16H22N4O2/c1-5-20(11-12(2)10-17)16(22)15(21)18-13-6-8-14(9-7-13)19(3)4/h6-9,12H,5,11H2,1-4H3,(H,18,21)/t12-/m1/s1. The number of nitrogens with zero attached hydrogens (tertiary/aromatic N) is 3. The highest BCUT2D eigenvalue weighted by molar-refractivity contribution is 6.39. The van der Waals surface area contributed by atoms with Crippen LogP contribution in [0.25, 0.3) is 0 Å². The van der Waals surface area contributed by atoms with Crippen molar-refractivity contribution < 1.29 is 9.59 Å². The Morgan fingerprint density at radius 2 is 1.86 bits per heavy atom. The smallest absolute Gasteiger partial charge is 0.313 e. The quantitative estimate of drug-likeness (QED) is 0.840. The van der Waals surface area contributed by atoms with E-state index in [9.17, 15) is 9.59 Å². The molecular formula is C16H22N4O2. The van der Waals surface area contributed by atoms with Gasteiger partial charge in [0.05, 0.1) is 12.0 Å². The molecule has 0 aliphatic carbocycles. The molecule has 0 bridgehead atoms. The lowest BCUT2D eigenvalue weighted by Crippen LogP contribution is -2.41. The van der Waals surface area contributed by atoms with Gasteiger partial charge in [-0.05, 0) is 38.1 Å². The number of rotatable bonds is 5. The summed E-state index contributed by atoms with van der Waals surface area (Å²) in [5.74, 6) is -1.62. The fourth-order valence-electron chi connectivity index (χ4n) is 1.90.